The van der Waals surface area contributed by atoms with Crippen LogP contribution in [-0.2, 0) is 14.8 Å². The van der Waals surface area contributed by atoms with Crippen molar-refractivity contribution in [3.05, 3.63) is 0 Å². The van der Waals surface area contributed by atoms with Crippen molar-refractivity contribution in [2.45, 2.75) is 19.8 Å². The number of hydrogen-bond acceptors (Lipinski definition) is 4. The maximum absolute atomic E-state index is 12.2. The quantitative estimate of drug-likeness (QED) is 0.726. The van der Waals surface area contributed by atoms with Crippen LogP contribution in [-0.4, -0.2) is 80.5 Å². The molecule has 0 saturated carbocycles. The van der Waals surface area contributed by atoms with Crippen LogP contribution in [0.4, 0.5) is 0 Å². The van der Waals surface area contributed by atoms with Gasteiger partial charge in [-0.2, -0.15) is 4.31 Å². The van der Waals surface area contributed by atoms with Gasteiger partial charge in [0.25, 0.3) is 0 Å². The number of carbonyl (C=O) groups excluding carboxylic acids is 1. The number of amides is 1. The van der Waals surface area contributed by atoms with Crippen LogP contribution >= 0.6 is 0 Å². The third kappa shape index (κ3) is 4.17. The van der Waals surface area contributed by atoms with Gasteiger partial charge < -0.3 is 4.90 Å². The fraction of sp³-hybridized carbons (Fsp3) is 0.923. The van der Waals surface area contributed by atoms with E-state index in [1.165, 1.54) is 17.0 Å². The first-order valence-corrected chi connectivity index (χ1v) is 9.16. The standard InChI is InChI=1S/C13H25N3O3S/c1-12-4-3-5-15(10-12)13(17)11-14-6-8-16(9-7-14)20(2,18)19/h12H,3-11H2,1-2H3. The Balaban J connectivity index is 1.79. The van der Waals surface area contributed by atoms with E-state index in [1.54, 1.807) is 0 Å². The van der Waals surface area contributed by atoms with Crippen LogP contribution < -0.4 is 0 Å². The molecule has 2 fully saturated rings. The predicted octanol–water partition coefficient (Wildman–Crippen LogP) is -0.178. The topological polar surface area (TPSA) is 60.9 Å². The molecule has 0 N–H and O–H groups in total. The molecule has 0 aromatic carbocycles. The fourth-order valence-electron chi connectivity index (χ4n) is 2.93. The Morgan fingerprint density at radius 3 is 2.35 bits per heavy atom. The maximum Gasteiger partial charge on any atom is 0.236 e. The number of piperidine rings is 1. The van der Waals surface area contributed by atoms with Gasteiger partial charge in [0.1, 0.15) is 0 Å². The van der Waals surface area contributed by atoms with Gasteiger partial charge in [-0.15, -0.1) is 0 Å². The summed E-state index contributed by atoms with van der Waals surface area (Å²) < 4.78 is 24.3. The van der Waals surface area contributed by atoms with Crippen molar-refractivity contribution < 1.29 is 13.2 Å². The fourth-order valence-corrected chi connectivity index (χ4v) is 3.75. The van der Waals surface area contributed by atoms with Crippen LogP contribution in [0.5, 0.6) is 0 Å². The summed E-state index contributed by atoms with van der Waals surface area (Å²) in [5, 5.41) is 0. The molecule has 2 heterocycles. The summed E-state index contributed by atoms with van der Waals surface area (Å²) in [6, 6.07) is 0. The second-order valence-electron chi connectivity index (χ2n) is 6.03. The van der Waals surface area contributed by atoms with Crippen molar-refractivity contribution in [2.75, 3.05) is 52.1 Å². The van der Waals surface area contributed by atoms with E-state index in [0.29, 0.717) is 38.6 Å². The lowest BCUT2D eigenvalue weighted by atomic mass is 10.0. The SMILES string of the molecule is CC1CCCN(C(=O)CN2CCN(S(C)(=O)=O)CC2)C1. The molecule has 0 spiro atoms. The van der Waals surface area contributed by atoms with E-state index < -0.39 is 10.0 Å². The van der Waals surface area contributed by atoms with E-state index in [-0.39, 0.29) is 5.91 Å². The van der Waals surface area contributed by atoms with Crippen molar-refractivity contribution in [1.29, 1.82) is 0 Å². The van der Waals surface area contributed by atoms with Crippen LogP contribution in [0, 0.1) is 5.92 Å². The van der Waals surface area contributed by atoms with Gasteiger partial charge in [-0.05, 0) is 18.8 Å². The zero-order chi connectivity index (χ0) is 14.8. The number of piperazine rings is 1. The van der Waals surface area contributed by atoms with E-state index in [0.717, 1.165) is 19.5 Å². The molecule has 116 valence electrons. The molecule has 2 rings (SSSR count). The van der Waals surface area contributed by atoms with Gasteiger partial charge in [0.15, 0.2) is 0 Å². The van der Waals surface area contributed by atoms with Gasteiger partial charge in [-0.1, -0.05) is 6.92 Å². The van der Waals surface area contributed by atoms with Crippen LogP contribution in [0.2, 0.25) is 0 Å². The molecule has 1 unspecified atom stereocenters. The van der Waals surface area contributed by atoms with Gasteiger partial charge in [-0.3, -0.25) is 9.69 Å². The molecule has 0 aromatic heterocycles. The number of sulfonamides is 1. The third-order valence-electron chi connectivity index (χ3n) is 4.17. The summed E-state index contributed by atoms with van der Waals surface area (Å²) in [7, 11) is -3.09. The van der Waals surface area contributed by atoms with E-state index in [4.69, 9.17) is 0 Å². The second-order valence-corrected chi connectivity index (χ2v) is 8.01. The Kier molecular flexibility index (Phi) is 5.04. The second kappa shape index (κ2) is 6.41. The highest BCUT2D eigenvalue weighted by molar-refractivity contribution is 7.88. The number of nitrogens with zero attached hydrogens (tertiary/aromatic N) is 3. The highest BCUT2D eigenvalue weighted by Crippen LogP contribution is 2.16. The lowest BCUT2D eigenvalue weighted by molar-refractivity contribution is -0.134. The van der Waals surface area contributed by atoms with Gasteiger partial charge >= 0.3 is 0 Å². The summed E-state index contributed by atoms with van der Waals surface area (Å²) in [6.45, 7) is 6.60. The molecule has 7 heteroatoms. The zero-order valence-electron chi connectivity index (χ0n) is 12.4. The van der Waals surface area contributed by atoms with E-state index in [2.05, 4.69) is 11.8 Å². The molecule has 2 saturated heterocycles. The van der Waals surface area contributed by atoms with Gasteiger partial charge in [0.05, 0.1) is 12.8 Å². The molecule has 20 heavy (non-hydrogen) atoms. The lowest BCUT2D eigenvalue weighted by Gasteiger charge is -2.36. The molecule has 0 aromatic rings. The summed E-state index contributed by atoms with van der Waals surface area (Å²) in [4.78, 5) is 16.3. The summed E-state index contributed by atoms with van der Waals surface area (Å²) in [5.41, 5.74) is 0. The number of likely N-dealkylation sites (tertiary alicyclic amines) is 1. The van der Waals surface area contributed by atoms with Gasteiger partial charge in [0, 0.05) is 39.3 Å². The van der Waals surface area contributed by atoms with Crippen molar-refractivity contribution in [2.24, 2.45) is 5.92 Å². The molecule has 0 aliphatic carbocycles. The first kappa shape index (κ1) is 15.7. The number of carbonyl (C=O) groups is 1. The zero-order valence-corrected chi connectivity index (χ0v) is 13.2. The Morgan fingerprint density at radius 1 is 1.15 bits per heavy atom. The van der Waals surface area contributed by atoms with Crippen LogP contribution in [0.1, 0.15) is 19.8 Å². The lowest BCUT2D eigenvalue weighted by Crippen LogP contribution is -2.52. The van der Waals surface area contributed by atoms with E-state index in [1.807, 2.05) is 4.90 Å². The van der Waals surface area contributed by atoms with Crippen molar-refractivity contribution in [3.63, 3.8) is 0 Å². The summed E-state index contributed by atoms with van der Waals surface area (Å²) in [5.74, 6) is 0.777. The predicted molar refractivity (Wildman–Crippen MR) is 77.8 cm³/mol. The first-order valence-electron chi connectivity index (χ1n) is 7.31. The number of hydrogen-bond donors (Lipinski definition) is 0. The normalized spacial score (nSPS) is 26.7. The minimum atomic E-state index is -3.09. The maximum atomic E-state index is 12.2. The Morgan fingerprint density at radius 2 is 1.80 bits per heavy atom. The summed E-state index contributed by atoms with van der Waals surface area (Å²) >= 11 is 0. The van der Waals surface area contributed by atoms with Crippen molar-refractivity contribution in [3.8, 4) is 0 Å². The first-order chi connectivity index (χ1) is 9.36. The molecular formula is C13H25N3O3S. The van der Waals surface area contributed by atoms with E-state index >= 15 is 0 Å². The minimum Gasteiger partial charge on any atom is -0.341 e. The highest BCUT2D eigenvalue weighted by Gasteiger charge is 2.27. The van der Waals surface area contributed by atoms with Crippen LogP contribution in [0.15, 0.2) is 0 Å². The average Bonchev–Trinajstić information content (AvgIpc) is 2.38. The highest BCUT2D eigenvalue weighted by atomic mass is 32.2. The Hall–Kier alpha value is -0.660. The molecule has 2 aliphatic rings. The molecule has 6 nitrogen and oxygen atoms in total. The monoisotopic (exact) mass is 303 g/mol. The largest absolute Gasteiger partial charge is 0.341 e. The molecule has 0 bridgehead atoms. The third-order valence-corrected chi connectivity index (χ3v) is 5.47. The molecule has 1 amide bonds. The van der Waals surface area contributed by atoms with Crippen LogP contribution in [0.3, 0.4) is 0 Å². The van der Waals surface area contributed by atoms with Crippen molar-refractivity contribution in [1.82, 2.24) is 14.1 Å². The van der Waals surface area contributed by atoms with Crippen LogP contribution in [0.25, 0.3) is 0 Å². The smallest absolute Gasteiger partial charge is 0.236 e. The molecule has 1 atom stereocenters. The summed E-state index contributed by atoms with van der Waals surface area (Å²) in [6.07, 6.45) is 3.54. The Labute approximate surface area is 121 Å². The minimum absolute atomic E-state index is 0.185. The van der Waals surface area contributed by atoms with E-state index in [9.17, 15) is 13.2 Å². The van der Waals surface area contributed by atoms with Crippen molar-refractivity contribution >= 4 is 15.9 Å². The number of rotatable bonds is 3. The molecule has 0 radical (unpaired) electrons. The van der Waals surface area contributed by atoms with Gasteiger partial charge in [0.2, 0.25) is 15.9 Å². The molecule has 2 aliphatic heterocycles. The van der Waals surface area contributed by atoms with Gasteiger partial charge in [-0.25, -0.2) is 8.42 Å². The molecular weight excluding hydrogens is 278 g/mol. The Bertz CT molecular complexity index is 444. The average molecular weight is 303 g/mol.